The molecule has 194 valence electrons. The first-order chi connectivity index (χ1) is 17.6. The summed E-state index contributed by atoms with van der Waals surface area (Å²) < 4.78 is 37.0. The van der Waals surface area contributed by atoms with Crippen molar-refractivity contribution >= 4 is 44.8 Å². The van der Waals surface area contributed by atoms with Gasteiger partial charge in [0.05, 0.1) is 30.7 Å². The number of ether oxygens (including phenoxy) is 2. The topological polar surface area (TPSA) is 105 Å². The van der Waals surface area contributed by atoms with Crippen molar-refractivity contribution in [2.24, 2.45) is 0 Å². The van der Waals surface area contributed by atoms with Crippen LogP contribution in [0.1, 0.15) is 15.9 Å². The molecule has 0 saturated heterocycles. The number of fused-ring (bicyclic) bond motifs is 1. The zero-order chi connectivity index (χ0) is 26.7. The third-order valence-corrected chi connectivity index (χ3v) is 8.14. The molecule has 0 radical (unpaired) electrons. The van der Waals surface area contributed by atoms with Crippen LogP contribution in [0.3, 0.4) is 0 Å². The minimum atomic E-state index is -3.97. The Labute approximate surface area is 220 Å². The number of hydrogen-bond donors (Lipinski definition) is 1. The summed E-state index contributed by atoms with van der Waals surface area (Å²) in [6, 6.07) is 16.3. The molecular weight excluding hydrogens is 518 g/mol. The molecule has 3 aromatic carbocycles. The van der Waals surface area contributed by atoms with Crippen molar-refractivity contribution in [3.05, 3.63) is 76.8 Å². The van der Waals surface area contributed by atoms with Crippen LogP contribution in [0.15, 0.2) is 65.6 Å². The van der Waals surface area contributed by atoms with Gasteiger partial charge in [-0.1, -0.05) is 17.7 Å². The van der Waals surface area contributed by atoms with E-state index in [0.29, 0.717) is 41.4 Å². The predicted molar refractivity (Wildman–Crippen MR) is 141 cm³/mol. The van der Waals surface area contributed by atoms with Gasteiger partial charge in [-0.25, -0.2) is 8.42 Å². The second-order valence-electron chi connectivity index (χ2n) is 8.38. The normalized spacial score (nSPS) is 12.8. The number of anilines is 2. The van der Waals surface area contributed by atoms with Gasteiger partial charge >= 0.3 is 0 Å². The number of hydrogen-bond acceptors (Lipinski definition) is 6. The lowest BCUT2D eigenvalue weighted by Gasteiger charge is -2.19. The number of likely N-dealkylation sites (N-methyl/N-ethyl adjacent to an activating group) is 1. The molecule has 0 spiro atoms. The van der Waals surface area contributed by atoms with E-state index in [0.717, 1.165) is 9.87 Å². The molecule has 37 heavy (non-hydrogen) atoms. The molecular formula is C26H26ClN3O6S. The largest absolute Gasteiger partial charge is 0.497 e. The van der Waals surface area contributed by atoms with Crippen molar-refractivity contribution in [2.75, 3.05) is 44.6 Å². The molecule has 2 amide bonds. The number of nitrogens with zero attached hydrogens (tertiary/aromatic N) is 2. The van der Waals surface area contributed by atoms with Gasteiger partial charge in [-0.15, -0.1) is 0 Å². The number of halogens is 1. The van der Waals surface area contributed by atoms with E-state index in [9.17, 15) is 18.0 Å². The number of benzene rings is 3. The highest BCUT2D eigenvalue weighted by molar-refractivity contribution is 7.89. The van der Waals surface area contributed by atoms with Gasteiger partial charge in [-0.2, -0.15) is 4.31 Å². The van der Waals surface area contributed by atoms with E-state index in [2.05, 4.69) is 5.32 Å². The average Bonchev–Trinajstić information content (AvgIpc) is 3.31. The number of carbonyl (C=O) groups excluding carboxylic acids is 2. The van der Waals surface area contributed by atoms with E-state index in [4.69, 9.17) is 21.1 Å². The minimum absolute atomic E-state index is 0.0567. The van der Waals surface area contributed by atoms with Crippen LogP contribution in [-0.2, 0) is 21.2 Å². The predicted octanol–water partition coefficient (Wildman–Crippen LogP) is 3.82. The van der Waals surface area contributed by atoms with Gasteiger partial charge in [-0.3, -0.25) is 9.59 Å². The maximum Gasteiger partial charge on any atom is 0.258 e. The zero-order valence-corrected chi connectivity index (χ0v) is 22.1. The molecule has 0 saturated carbocycles. The van der Waals surface area contributed by atoms with Crippen molar-refractivity contribution in [2.45, 2.75) is 11.3 Å². The standard InChI is InChI=1S/C26H26ClN3O6S/c1-29(37(33,34)21-10-11-24(36-3)22(27)15-21)16-25(31)28-19-7-4-17-12-13-30(23(17)14-19)26(32)18-5-8-20(35-2)9-6-18/h4-11,14-15H,12-13,16H2,1-3H3,(H,28,31). The summed E-state index contributed by atoms with van der Waals surface area (Å²) in [5.74, 6) is 0.313. The third-order valence-electron chi connectivity index (χ3n) is 6.04. The lowest BCUT2D eigenvalue weighted by molar-refractivity contribution is -0.116. The molecule has 11 heteroatoms. The van der Waals surface area contributed by atoms with Gasteiger partial charge in [0.15, 0.2) is 0 Å². The van der Waals surface area contributed by atoms with Crippen LogP contribution in [0.2, 0.25) is 5.02 Å². The fourth-order valence-electron chi connectivity index (χ4n) is 4.03. The van der Waals surface area contributed by atoms with Crippen LogP contribution >= 0.6 is 11.6 Å². The SMILES string of the molecule is COc1ccc(C(=O)N2CCc3ccc(NC(=O)CN(C)S(=O)(=O)c4ccc(OC)c(Cl)c4)cc32)cc1. The van der Waals surface area contributed by atoms with Crippen LogP contribution in [0.4, 0.5) is 11.4 Å². The highest BCUT2D eigenvalue weighted by atomic mass is 35.5. The Kier molecular flexibility index (Phi) is 7.72. The maximum atomic E-state index is 13.1. The zero-order valence-electron chi connectivity index (χ0n) is 20.5. The Bertz CT molecular complexity index is 1440. The summed E-state index contributed by atoms with van der Waals surface area (Å²) in [6.45, 7) is 0.0978. The molecule has 1 aliphatic heterocycles. The summed E-state index contributed by atoms with van der Waals surface area (Å²) in [4.78, 5) is 27.4. The molecule has 4 rings (SSSR count). The third kappa shape index (κ3) is 5.56. The van der Waals surface area contributed by atoms with Crippen molar-refractivity contribution in [3.63, 3.8) is 0 Å². The summed E-state index contributed by atoms with van der Waals surface area (Å²) >= 11 is 6.07. The number of sulfonamides is 1. The minimum Gasteiger partial charge on any atom is -0.497 e. The summed E-state index contributed by atoms with van der Waals surface area (Å²) in [5, 5.41) is 2.87. The van der Waals surface area contributed by atoms with E-state index in [1.807, 2.05) is 6.07 Å². The van der Waals surface area contributed by atoms with Crippen molar-refractivity contribution in [1.29, 1.82) is 0 Å². The van der Waals surface area contributed by atoms with Crippen molar-refractivity contribution in [3.8, 4) is 11.5 Å². The summed E-state index contributed by atoms with van der Waals surface area (Å²) in [7, 11) is 0.332. The molecule has 0 fully saturated rings. The molecule has 0 atom stereocenters. The second kappa shape index (κ2) is 10.8. The van der Waals surface area contributed by atoms with Crippen LogP contribution in [-0.4, -0.2) is 58.9 Å². The molecule has 3 aromatic rings. The molecule has 0 bridgehead atoms. The van der Waals surface area contributed by atoms with E-state index in [1.165, 1.54) is 32.4 Å². The fourth-order valence-corrected chi connectivity index (χ4v) is 5.51. The van der Waals surface area contributed by atoms with Crippen molar-refractivity contribution < 1.29 is 27.5 Å². The van der Waals surface area contributed by atoms with Gasteiger partial charge in [0.2, 0.25) is 15.9 Å². The highest BCUT2D eigenvalue weighted by Crippen LogP contribution is 2.32. The Balaban J connectivity index is 1.46. The van der Waals surface area contributed by atoms with E-state index < -0.39 is 22.5 Å². The fraction of sp³-hybridized carbons (Fsp3) is 0.231. The second-order valence-corrected chi connectivity index (χ2v) is 10.8. The number of methoxy groups -OCH3 is 2. The Morgan fingerprint density at radius 1 is 1.03 bits per heavy atom. The van der Waals surface area contributed by atoms with Gasteiger partial charge < -0.3 is 19.7 Å². The van der Waals surface area contributed by atoms with Crippen molar-refractivity contribution in [1.82, 2.24) is 4.31 Å². The monoisotopic (exact) mass is 543 g/mol. The van der Waals surface area contributed by atoms with Gasteiger partial charge in [0.1, 0.15) is 11.5 Å². The maximum absolute atomic E-state index is 13.1. The first-order valence-electron chi connectivity index (χ1n) is 11.3. The number of carbonyl (C=O) groups is 2. The molecule has 0 aromatic heterocycles. The Hall–Kier alpha value is -3.60. The highest BCUT2D eigenvalue weighted by Gasteiger charge is 2.27. The number of nitrogens with one attached hydrogen (secondary N) is 1. The Morgan fingerprint density at radius 2 is 1.76 bits per heavy atom. The van der Waals surface area contributed by atoms with Crippen LogP contribution < -0.4 is 19.7 Å². The first kappa shape index (κ1) is 26.5. The van der Waals surface area contributed by atoms with E-state index in [1.54, 1.807) is 48.4 Å². The van der Waals surface area contributed by atoms with E-state index in [-0.39, 0.29) is 15.8 Å². The van der Waals surface area contributed by atoms with Gasteiger partial charge in [0, 0.05) is 30.5 Å². The van der Waals surface area contributed by atoms with Gasteiger partial charge in [-0.05, 0) is 66.6 Å². The summed E-state index contributed by atoms with van der Waals surface area (Å²) in [5.41, 5.74) is 2.66. The number of rotatable bonds is 8. The lowest BCUT2D eigenvalue weighted by atomic mass is 10.1. The van der Waals surface area contributed by atoms with E-state index >= 15 is 0 Å². The molecule has 0 aliphatic carbocycles. The summed E-state index contributed by atoms with van der Waals surface area (Å²) in [6.07, 6.45) is 0.691. The van der Waals surface area contributed by atoms with Crippen LogP contribution in [0.5, 0.6) is 11.5 Å². The first-order valence-corrected chi connectivity index (χ1v) is 13.1. The molecule has 1 heterocycles. The van der Waals surface area contributed by atoms with Crippen LogP contribution in [0, 0.1) is 0 Å². The molecule has 9 nitrogen and oxygen atoms in total. The molecule has 1 aliphatic rings. The molecule has 0 unspecified atom stereocenters. The number of amides is 2. The Morgan fingerprint density at radius 3 is 2.41 bits per heavy atom. The van der Waals surface area contributed by atoms with Crippen LogP contribution in [0.25, 0.3) is 0 Å². The smallest absolute Gasteiger partial charge is 0.258 e. The quantitative estimate of drug-likeness (QED) is 0.463. The average molecular weight is 544 g/mol. The van der Waals surface area contributed by atoms with Gasteiger partial charge in [0.25, 0.3) is 5.91 Å². The molecule has 1 N–H and O–H groups in total. The lowest BCUT2D eigenvalue weighted by Crippen LogP contribution is -2.35.